The molecular weight excluding hydrogens is 364 g/mol. The molecule has 0 spiro atoms. The van der Waals surface area contributed by atoms with E-state index in [-0.39, 0.29) is 10.8 Å². The highest BCUT2D eigenvalue weighted by atomic mass is 16.5. The number of hydrogen-bond acceptors (Lipinski definition) is 1. The van der Waals surface area contributed by atoms with E-state index in [4.69, 9.17) is 4.74 Å². The van der Waals surface area contributed by atoms with Gasteiger partial charge in [-0.25, -0.2) is 0 Å². The van der Waals surface area contributed by atoms with Gasteiger partial charge in [0.15, 0.2) is 0 Å². The molecule has 0 radical (unpaired) electrons. The number of ether oxygens (including phenoxy) is 1. The minimum absolute atomic E-state index is 0.0225. The number of allylic oxidation sites excluding steroid dienone is 1. The van der Waals surface area contributed by atoms with Crippen molar-refractivity contribution < 1.29 is 4.74 Å². The number of benzene rings is 2. The number of methoxy groups -OCH3 is 1. The van der Waals surface area contributed by atoms with E-state index in [9.17, 15) is 0 Å². The lowest BCUT2D eigenvalue weighted by molar-refractivity contribution is 0.381. The Kier molecular flexibility index (Phi) is 5.16. The van der Waals surface area contributed by atoms with Crippen LogP contribution in [0.5, 0.6) is 5.75 Å². The molecule has 0 N–H and O–H groups in total. The maximum absolute atomic E-state index is 6.01. The predicted octanol–water partition coefficient (Wildman–Crippen LogP) is 7.80. The molecule has 0 aromatic heterocycles. The molecule has 0 heterocycles. The zero-order valence-corrected chi connectivity index (χ0v) is 20.3. The zero-order valence-electron chi connectivity index (χ0n) is 20.3. The van der Waals surface area contributed by atoms with Crippen LogP contribution in [0.15, 0.2) is 23.8 Å². The smallest absolute Gasteiger partial charge is 0.126 e. The first-order valence-corrected chi connectivity index (χ1v) is 11.6. The summed E-state index contributed by atoms with van der Waals surface area (Å²) in [7, 11) is 1.82. The monoisotopic (exact) mass is 402 g/mol. The van der Waals surface area contributed by atoms with Gasteiger partial charge in [0, 0.05) is 11.1 Å². The van der Waals surface area contributed by atoms with Crippen LogP contribution in [0.2, 0.25) is 0 Å². The zero-order chi connectivity index (χ0) is 21.8. The quantitative estimate of drug-likeness (QED) is 0.498. The highest BCUT2D eigenvalue weighted by Gasteiger charge is 2.29. The van der Waals surface area contributed by atoms with Crippen molar-refractivity contribution in [2.45, 2.75) is 91.4 Å². The fourth-order valence-corrected chi connectivity index (χ4v) is 5.35. The third kappa shape index (κ3) is 3.61. The fraction of sp³-hybridized carbons (Fsp3) is 0.517. The largest absolute Gasteiger partial charge is 0.496 e. The van der Waals surface area contributed by atoms with Gasteiger partial charge in [-0.2, -0.15) is 0 Å². The molecule has 0 saturated carbocycles. The highest BCUT2D eigenvalue weighted by Crippen LogP contribution is 2.45. The van der Waals surface area contributed by atoms with Crippen LogP contribution in [0.25, 0.3) is 17.2 Å². The molecule has 0 aliphatic heterocycles. The second-order valence-electron chi connectivity index (χ2n) is 11.4. The molecule has 2 aromatic rings. The lowest BCUT2D eigenvalue weighted by atomic mass is 9.76. The molecule has 160 valence electrons. The molecule has 0 amide bonds. The van der Waals surface area contributed by atoms with Gasteiger partial charge in [0.05, 0.1) is 7.11 Å². The topological polar surface area (TPSA) is 9.23 Å². The standard InChI is InChI=1S/C29H38O/c1-18-13-19-15-24(22-12-10-9-11-21(22)23(19)14-18)20-16-25(28(2,3)4)27(30-8)26(17-20)29(5,6)7/h13,15-17H,9-12,14H2,1-8H3. The lowest BCUT2D eigenvalue weighted by Gasteiger charge is -2.31. The summed E-state index contributed by atoms with van der Waals surface area (Å²) in [5.41, 5.74) is 13.3. The van der Waals surface area contributed by atoms with Crippen molar-refractivity contribution in [2.75, 3.05) is 7.11 Å². The van der Waals surface area contributed by atoms with Crippen LogP contribution in [0.3, 0.4) is 0 Å². The Morgan fingerprint density at radius 1 is 0.767 bits per heavy atom. The molecule has 2 aromatic carbocycles. The van der Waals surface area contributed by atoms with E-state index in [0.717, 1.165) is 12.2 Å². The molecule has 0 saturated heterocycles. The summed E-state index contributed by atoms with van der Waals surface area (Å²) >= 11 is 0. The predicted molar refractivity (Wildman–Crippen MR) is 130 cm³/mol. The molecule has 1 heteroatoms. The van der Waals surface area contributed by atoms with Crippen molar-refractivity contribution in [1.82, 2.24) is 0 Å². The number of rotatable bonds is 2. The third-order valence-electron chi connectivity index (χ3n) is 6.88. The van der Waals surface area contributed by atoms with Crippen LogP contribution in [-0.2, 0) is 30.1 Å². The molecule has 0 bridgehead atoms. The Morgan fingerprint density at radius 3 is 1.87 bits per heavy atom. The van der Waals surface area contributed by atoms with Gasteiger partial charge in [0.25, 0.3) is 0 Å². The van der Waals surface area contributed by atoms with Gasteiger partial charge in [-0.3, -0.25) is 0 Å². The minimum Gasteiger partial charge on any atom is -0.496 e. The lowest BCUT2D eigenvalue weighted by Crippen LogP contribution is -2.19. The second-order valence-corrected chi connectivity index (χ2v) is 11.4. The van der Waals surface area contributed by atoms with Crippen LogP contribution < -0.4 is 4.74 Å². The Bertz CT molecular complexity index is 987. The van der Waals surface area contributed by atoms with Crippen molar-refractivity contribution in [3.8, 4) is 16.9 Å². The van der Waals surface area contributed by atoms with Gasteiger partial charge in [0.2, 0.25) is 0 Å². The molecule has 2 aliphatic carbocycles. The van der Waals surface area contributed by atoms with Crippen LogP contribution >= 0.6 is 0 Å². The van der Waals surface area contributed by atoms with Gasteiger partial charge in [-0.05, 0) is 101 Å². The van der Waals surface area contributed by atoms with Crippen molar-refractivity contribution in [1.29, 1.82) is 0 Å². The van der Waals surface area contributed by atoms with Gasteiger partial charge in [0.1, 0.15) is 5.75 Å². The molecule has 0 unspecified atom stereocenters. The summed E-state index contributed by atoms with van der Waals surface area (Å²) in [6.45, 7) is 16.1. The van der Waals surface area contributed by atoms with Gasteiger partial charge in [-0.15, -0.1) is 0 Å². The highest BCUT2D eigenvalue weighted by molar-refractivity contribution is 5.79. The Hall–Kier alpha value is -2.02. The van der Waals surface area contributed by atoms with Crippen LogP contribution in [0.4, 0.5) is 0 Å². The van der Waals surface area contributed by atoms with E-state index in [2.05, 4.69) is 72.7 Å². The molecule has 4 rings (SSSR count). The molecule has 30 heavy (non-hydrogen) atoms. The minimum atomic E-state index is 0.0225. The average Bonchev–Trinajstić information content (AvgIpc) is 3.05. The van der Waals surface area contributed by atoms with Crippen LogP contribution in [0.1, 0.15) is 94.7 Å². The molecule has 2 aliphatic rings. The first-order valence-electron chi connectivity index (χ1n) is 11.6. The Morgan fingerprint density at radius 2 is 1.33 bits per heavy atom. The van der Waals surface area contributed by atoms with E-state index in [1.165, 1.54) is 59.1 Å². The van der Waals surface area contributed by atoms with Crippen LogP contribution in [-0.4, -0.2) is 7.11 Å². The van der Waals surface area contributed by atoms with Crippen molar-refractivity contribution in [3.63, 3.8) is 0 Å². The summed E-state index contributed by atoms with van der Waals surface area (Å²) in [6, 6.07) is 7.31. The number of hydrogen-bond donors (Lipinski definition) is 0. The molecule has 1 nitrogen and oxygen atoms in total. The normalized spacial score (nSPS) is 16.2. The summed E-state index contributed by atoms with van der Waals surface area (Å²) in [5, 5.41) is 0. The van der Waals surface area contributed by atoms with Crippen LogP contribution in [0, 0.1) is 0 Å². The van der Waals surface area contributed by atoms with Gasteiger partial charge >= 0.3 is 0 Å². The maximum Gasteiger partial charge on any atom is 0.126 e. The summed E-state index contributed by atoms with van der Waals surface area (Å²) < 4.78 is 6.01. The van der Waals surface area contributed by atoms with Crippen molar-refractivity contribution >= 4 is 6.08 Å². The van der Waals surface area contributed by atoms with E-state index in [1.807, 2.05) is 7.11 Å². The first kappa shape index (κ1) is 21.2. The van der Waals surface area contributed by atoms with Gasteiger partial charge in [-0.1, -0.05) is 53.2 Å². The van der Waals surface area contributed by atoms with Gasteiger partial charge < -0.3 is 4.74 Å². The molecule has 0 fully saturated rings. The Labute approximate surface area is 183 Å². The van der Waals surface area contributed by atoms with E-state index in [0.29, 0.717) is 0 Å². The van der Waals surface area contributed by atoms with E-state index in [1.54, 1.807) is 16.7 Å². The fourth-order valence-electron chi connectivity index (χ4n) is 5.35. The average molecular weight is 403 g/mol. The van der Waals surface area contributed by atoms with Crippen molar-refractivity contribution in [3.05, 3.63) is 57.2 Å². The Balaban J connectivity index is 2.03. The van der Waals surface area contributed by atoms with Crippen molar-refractivity contribution in [2.24, 2.45) is 0 Å². The summed E-state index contributed by atoms with van der Waals surface area (Å²) in [4.78, 5) is 0. The summed E-state index contributed by atoms with van der Waals surface area (Å²) in [5.74, 6) is 1.06. The van der Waals surface area contributed by atoms with E-state index < -0.39 is 0 Å². The van der Waals surface area contributed by atoms with E-state index >= 15 is 0 Å². The third-order valence-corrected chi connectivity index (χ3v) is 6.88. The molecular formula is C29H38O. The SMILES string of the molecule is COc1c(C(C)(C)C)cc(-c2cc3c(c4c2CCCC4)CC(C)=C3)cc1C(C)(C)C. The molecule has 0 atom stereocenters. The maximum atomic E-state index is 6.01. The number of fused-ring (bicyclic) bond motifs is 3. The second kappa shape index (κ2) is 7.29. The first-order chi connectivity index (χ1) is 14.0. The summed E-state index contributed by atoms with van der Waals surface area (Å²) in [6.07, 6.45) is 8.62.